The van der Waals surface area contributed by atoms with Crippen molar-refractivity contribution in [3.8, 4) is 17.5 Å². The largest absolute Gasteiger partial charge is 0.470 e. The highest BCUT2D eigenvalue weighted by atomic mass is 35.5. The average Bonchev–Trinajstić information content (AvgIpc) is 3.06. The Morgan fingerprint density at radius 1 is 0.967 bits per heavy atom. The molecule has 0 atom stereocenters. The SMILES string of the molecule is O=c1cc(C(F)(F)F)[nH]c(=O)n1-c1cc(Oc2nnc(C(F)(F)F)o2)c(Cl)cc1Cl. The second-order valence-corrected chi connectivity index (χ2v) is 6.18. The Hall–Kier alpha value is -3.00. The van der Waals surface area contributed by atoms with Gasteiger partial charge in [-0.15, -0.1) is 0 Å². The maximum atomic E-state index is 12.7. The monoisotopic (exact) mass is 476 g/mol. The smallest absolute Gasteiger partial charge is 0.408 e. The van der Waals surface area contributed by atoms with Crippen LogP contribution in [0.1, 0.15) is 11.6 Å². The Balaban J connectivity index is 2.08. The molecule has 1 aromatic carbocycles. The molecule has 0 fully saturated rings. The quantitative estimate of drug-likeness (QED) is 0.572. The summed E-state index contributed by atoms with van der Waals surface area (Å²) in [7, 11) is 0. The van der Waals surface area contributed by atoms with Gasteiger partial charge in [0.1, 0.15) is 5.69 Å². The van der Waals surface area contributed by atoms with Gasteiger partial charge in [0.25, 0.3) is 5.56 Å². The van der Waals surface area contributed by atoms with Crippen molar-refractivity contribution in [2.45, 2.75) is 12.4 Å². The molecule has 30 heavy (non-hydrogen) atoms. The summed E-state index contributed by atoms with van der Waals surface area (Å²) in [5, 5.41) is 5.05. The van der Waals surface area contributed by atoms with E-state index in [2.05, 4.69) is 14.6 Å². The maximum absolute atomic E-state index is 12.7. The van der Waals surface area contributed by atoms with Crippen molar-refractivity contribution in [2.24, 2.45) is 0 Å². The summed E-state index contributed by atoms with van der Waals surface area (Å²) in [6, 6.07) is 1.85. The predicted molar refractivity (Wildman–Crippen MR) is 87.1 cm³/mol. The summed E-state index contributed by atoms with van der Waals surface area (Å²) >= 11 is 11.8. The molecule has 0 amide bonds. The van der Waals surface area contributed by atoms with Crippen LogP contribution in [-0.2, 0) is 12.4 Å². The molecule has 0 spiro atoms. The number of hydrogen-bond acceptors (Lipinski definition) is 6. The summed E-state index contributed by atoms with van der Waals surface area (Å²) < 4.78 is 85.1. The van der Waals surface area contributed by atoms with Crippen molar-refractivity contribution < 1.29 is 35.5 Å². The Labute approximate surface area is 169 Å². The normalized spacial score (nSPS) is 12.3. The number of benzene rings is 1. The van der Waals surface area contributed by atoms with Gasteiger partial charge < -0.3 is 14.1 Å². The molecule has 2 aromatic heterocycles. The van der Waals surface area contributed by atoms with E-state index in [1.807, 2.05) is 0 Å². The minimum Gasteiger partial charge on any atom is -0.408 e. The highest BCUT2D eigenvalue weighted by Gasteiger charge is 2.38. The molecular formula is C14H4Cl2F6N4O4. The van der Waals surface area contributed by atoms with Crippen LogP contribution < -0.4 is 16.0 Å². The molecule has 16 heteroatoms. The van der Waals surface area contributed by atoms with Crippen molar-refractivity contribution in [3.05, 3.63) is 60.7 Å². The first-order valence-electron chi connectivity index (χ1n) is 7.29. The molecular weight excluding hydrogens is 473 g/mol. The van der Waals surface area contributed by atoms with Gasteiger partial charge in [0.15, 0.2) is 5.75 Å². The zero-order chi connectivity index (χ0) is 22.4. The van der Waals surface area contributed by atoms with Gasteiger partial charge in [-0.05, 0) is 6.07 Å². The topological polar surface area (TPSA) is 103 Å². The standard InChI is InChI=1S/C14H4Cl2F6N4O4/c15-4-1-5(16)7(29-12-25-24-10(30-12)14(20,21)22)2-6(4)26-9(27)3-8(13(17,18)19)23-11(26)28/h1-3H,(H,23,28). The number of nitrogens with zero attached hydrogens (tertiary/aromatic N) is 3. The predicted octanol–water partition coefficient (Wildman–Crippen LogP) is 4.05. The zero-order valence-electron chi connectivity index (χ0n) is 13.7. The molecule has 3 aromatic rings. The van der Waals surface area contributed by atoms with Crippen LogP contribution in [0.2, 0.25) is 10.0 Å². The number of aromatic nitrogens is 4. The maximum Gasteiger partial charge on any atom is 0.470 e. The molecule has 2 heterocycles. The van der Waals surface area contributed by atoms with Crippen LogP contribution in [0.25, 0.3) is 5.69 Å². The van der Waals surface area contributed by atoms with Crippen LogP contribution in [0.5, 0.6) is 11.8 Å². The lowest BCUT2D eigenvalue weighted by Crippen LogP contribution is -2.36. The zero-order valence-corrected chi connectivity index (χ0v) is 15.2. The van der Waals surface area contributed by atoms with E-state index >= 15 is 0 Å². The second-order valence-electron chi connectivity index (χ2n) is 5.37. The molecule has 0 aliphatic carbocycles. The number of rotatable bonds is 3. The highest BCUT2D eigenvalue weighted by Crippen LogP contribution is 2.36. The van der Waals surface area contributed by atoms with Crippen LogP contribution in [0.15, 0.2) is 32.2 Å². The minimum atomic E-state index is -5.00. The lowest BCUT2D eigenvalue weighted by Gasteiger charge is -2.12. The Morgan fingerprint density at radius 2 is 1.63 bits per heavy atom. The van der Waals surface area contributed by atoms with Gasteiger partial charge in [-0.1, -0.05) is 33.4 Å². The summed E-state index contributed by atoms with van der Waals surface area (Å²) in [6.07, 6.45) is -10.9. The van der Waals surface area contributed by atoms with Gasteiger partial charge in [-0.25, -0.2) is 9.36 Å². The van der Waals surface area contributed by atoms with Crippen molar-refractivity contribution in [2.75, 3.05) is 0 Å². The van der Waals surface area contributed by atoms with Gasteiger partial charge in [-0.2, -0.15) is 26.3 Å². The summed E-state index contributed by atoms with van der Waals surface area (Å²) in [6.45, 7) is 0. The fourth-order valence-corrected chi connectivity index (χ4v) is 2.61. The fourth-order valence-electron chi connectivity index (χ4n) is 2.10. The van der Waals surface area contributed by atoms with E-state index in [1.165, 1.54) is 4.98 Å². The molecule has 0 radical (unpaired) electrons. The molecule has 0 saturated heterocycles. The molecule has 3 rings (SSSR count). The summed E-state index contributed by atoms with van der Waals surface area (Å²) in [5.41, 5.74) is -4.98. The highest BCUT2D eigenvalue weighted by molar-refractivity contribution is 6.36. The number of H-pyrrole nitrogens is 1. The molecule has 1 N–H and O–H groups in total. The minimum absolute atomic E-state index is 0.112. The molecule has 0 saturated carbocycles. The average molecular weight is 477 g/mol. The number of ether oxygens (including phenoxy) is 1. The van der Waals surface area contributed by atoms with E-state index in [4.69, 9.17) is 27.9 Å². The van der Waals surface area contributed by atoms with E-state index in [1.54, 1.807) is 0 Å². The first-order chi connectivity index (χ1) is 13.8. The van der Waals surface area contributed by atoms with Gasteiger partial charge in [0.2, 0.25) is 0 Å². The molecule has 160 valence electrons. The van der Waals surface area contributed by atoms with E-state index in [-0.39, 0.29) is 20.7 Å². The molecule has 8 nitrogen and oxygen atoms in total. The van der Waals surface area contributed by atoms with Crippen molar-refractivity contribution >= 4 is 23.2 Å². The Kier molecular flexibility index (Phi) is 5.32. The van der Waals surface area contributed by atoms with Crippen LogP contribution in [0.4, 0.5) is 26.3 Å². The van der Waals surface area contributed by atoms with Crippen molar-refractivity contribution in [1.29, 1.82) is 0 Å². The third-order valence-electron chi connectivity index (χ3n) is 3.33. The van der Waals surface area contributed by atoms with Gasteiger partial charge in [0, 0.05) is 12.1 Å². The molecule has 0 bridgehead atoms. The van der Waals surface area contributed by atoms with E-state index in [9.17, 15) is 35.9 Å². The number of nitrogens with one attached hydrogen (secondary N) is 1. The van der Waals surface area contributed by atoms with Crippen LogP contribution in [-0.4, -0.2) is 19.7 Å². The fraction of sp³-hybridized carbons (Fsp3) is 0.143. The third-order valence-corrected chi connectivity index (χ3v) is 3.92. The number of alkyl halides is 6. The van der Waals surface area contributed by atoms with Crippen LogP contribution in [0, 0.1) is 0 Å². The summed E-state index contributed by atoms with van der Waals surface area (Å²) in [5.74, 6) is -2.21. The van der Waals surface area contributed by atoms with Gasteiger partial charge >= 0.3 is 30.0 Å². The number of aromatic amines is 1. The molecule has 0 aliphatic heterocycles. The first kappa shape index (κ1) is 21.7. The molecule has 0 unspecified atom stereocenters. The Morgan fingerprint density at radius 3 is 2.17 bits per heavy atom. The third kappa shape index (κ3) is 4.28. The van der Waals surface area contributed by atoms with Crippen LogP contribution >= 0.6 is 23.2 Å². The first-order valence-corrected chi connectivity index (χ1v) is 8.04. The second kappa shape index (κ2) is 7.36. The van der Waals surface area contributed by atoms with Gasteiger partial charge in [0.05, 0.1) is 15.7 Å². The van der Waals surface area contributed by atoms with Gasteiger partial charge in [-0.3, -0.25) is 4.79 Å². The summed E-state index contributed by atoms with van der Waals surface area (Å²) in [4.78, 5) is 25.6. The van der Waals surface area contributed by atoms with E-state index < -0.39 is 52.7 Å². The van der Waals surface area contributed by atoms with E-state index in [0.29, 0.717) is 0 Å². The van der Waals surface area contributed by atoms with Crippen molar-refractivity contribution in [1.82, 2.24) is 19.7 Å². The van der Waals surface area contributed by atoms with E-state index in [0.717, 1.165) is 12.1 Å². The lowest BCUT2D eigenvalue weighted by molar-refractivity contribution is -0.157. The molecule has 0 aliphatic rings. The van der Waals surface area contributed by atoms with Crippen LogP contribution in [0.3, 0.4) is 0 Å². The Bertz CT molecular complexity index is 1200. The number of halogens is 8. The van der Waals surface area contributed by atoms with Crippen molar-refractivity contribution in [3.63, 3.8) is 0 Å². The number of hydrogen-bond donors (Lipinski definition) is 1. The lowest BCUT2D eigenvalue weighted by atomic mass is 10.3.